The first-order valence-electron chi connectivity index (χ1n) is 9.56. The van der Waals surface area contributed by atoms with Crippen LogP contribution in [-0.2, 0) is 6.54 Å². The molecule has 1 aromatic carbocycles. The van der Waals surface area contributed by atoms with Crippen molar-refractivity contribution in [2.45, 2.75) is 19.4 Å². The minimum absolute atomic E-state index is 0.291. The number of hydrogen-bond donors (Lipinski definition) is 1. The molecule has 140 valence electrons. The fourth-order valence-corrected chi connectivity index (χ4v) is 4.44. The number of hydrogen-bond acceptors (Lipinski definition) is 4. The minimum Gasteiger partial charge on any atom is -0.396 e. The number of rotatable bonds is 6. The van der Waals surface area contributed by atoms with Gasteiger partial charge in [0.25, 0.3) is 0 Å². The second-order valence-corrected chi connectivity index (χ2v) is 8.11. The summed E-state index contributed by atoms with van der Waals surface area (Å²) in [6.07, 6.45) is 6.68. The summed E-state index contributed by atoms with van der Waals surface area (Å²) in [6.45, 7) is 6.80. The largest absolute Gasteiger partial charge is 0.396 e. The van der Waals surface area contributed by atoms with Crippen LogP contribution in [0.3, 0.4) is 0 Å². The number of likely N-dealkylation sites (tertiary alicyclic amines) is 2. The summed E-state index contributed by atoms with van der Waals surface area (Å²) < 4.78 is 1.90. The highest BCUT2D eigenvalue weighted by Gasteiger charge is 2.33. The van der Waals surface area contributed by atoms with E-state index in [1.54, 1.807) is 0 Å². The van der Waals surface area contributed by atoms with Crippen LogP contribution in [0.5, 0.6) is 0 Å². The van der Waals surface area contributed by atoms with Crippen LogP contribution < -0.4 is 0 Å². The van der Waals surface area contributed by atoms with Crippen molar-refractivity contribution in [1.29, 1.82) is 0 Å². The molecule has 0 radical (unpaired) electrons. The summed E-state index contributed by atoms with van der Waals surface area (Å²) in [5.41, 5.74) is 2.22. The Hall–Kier alpha value is -1.40. The molecule has 0 saturated carbocycles. The molecule has 2 fully saturated rings. The maximum atomic E-state index is 9.80. The second kappa shape index (κ2) is 8.09. The van der Waals surface area contributed by atoms with E-state index in [4.69, 9.17) is 11.6 Å². The molecule has 2 saturated heterocycles. The van der Waals surface area contributed by atoms with E-state index in [0.717, 1.165) is 36.9 Å². The number of halogens is 1. The zero-order valence-electron chi connectivity index (χ0n) is 15.1. The van der Waals surface area contributed by atoms with Gasteiger partial charge < -0.3 is 10.0 Å². The maximum absolute atomic E-state index is 9.80. The van der Waals surface area contributed by atoms with Gasteiger partial charge in [-0.2, -0.15) is 5.10 Å². The molecule has 4 rings (SSSR count). The Morgan fingerprint density at radius 3 is 2.50 bits per heavy atom. The van der Waals surface area contributed by atoms with Crippen molar-refractivity contribution < 1.29 is 5.11 Å². The Bertz CT molecular complexity index is 711. The van der Waals surface area contributed by atoms with E-state index in [1.807, 2.05) is 35.1 Å². The highest BCUT2D eigenvalue weighted by molar-refractivity contribution is 6.30. The fraction of sp³-hybridized carbons (Fsp3) is 0.550. The third-order valence-corrected chi connectivity index (χ3v) is 5.96. The first-order valence-corrected chi connectivity index (χ1v) is 9.94. The highest BCUT2D eigenvalue weighted by atomic mass is 35.5. The first-order chi connectivity index (χ1) is 12.7. The van der Waals surface area contributed by atoms with Gasteiger partial charge in [-0.15, -0.1) is 0 Å². The van der Waals surface area contributed by atoms with Gasteiger partial charge in [0.15, 0.2) is 0 Å². The van der Waals surface area contributed by atoms with Crippen molar-refractivity contribution in [3.63, 3.8) is 0 Å². The second-order valence-electron chi connectivity index (χ2n) is 7.67. The molecule has 2 aliphatic heterocycles. The van der Waals surface area contributed by atoms with E-state index in [2.05, 4.69) is 21.1 Å². The lowest BCUT2D eigenvalue weighted by Crippen LogP contribution is -2.31. The monoisotopic (exact) mass is 374 g/mol. The van der Waals surface area contributed by atoms with E-state index in [-0.39, 0.29) is 0 Å². The van der Waals surface area contributed by atoms with Gasteiger partial charge in [-0.25, -0.2) is 4.68 Å². The van der Waals surface area contributed by atoms with Crippen LogP contribution in [0.4, 0.5) is 0 Å². The van der Waals surface area contributed by atoms with Crippen molar-refractivity contribution in [2.75, 3.05) is 39.3 Å². The minimum atomic E-state index is 0.291. The summed E-state index contributed by atoms with van der Waals surface area (Å²) in [5, 5.41) is 15.0. The van der Waals surface area contributed by atoms with Crippen LogP contribution in [-0.4, -0.2) is 64.0 Å². The molecule has 0 aliphatic carbocycles. The van der Waals surface area contributed by atoms with Crippen LogP contribution in [0.1, 0.15) is 18.4 Å². The van der Waals surface area contributed by atoms with Crippen LogP contribution in [0.15, 0.2) is 36.7 Å². The zero-order chi connectivity index (χ0) is 17.9. The van der Waals surface area contributed by atoms with Crippen molar-refractivity contribution in [2.24, 2.45) is 11.8 Å². The van der Waals surface area contributed by atoms with Gasteiger partial charge in [0.05, 0.1) is 11.9 Å². The van der Waals surface area contributed by atoms with E-state index in [0.29, 0.717) is 18.4 Å². The molecule has 1 N–H and O–H groups in total. The van der Waals surface area contributed by atoms with E-state index >= 15 is 0 Å². The normalized spacial score (nSPS) is 24.5. The number of nitrogens with zero attached hydrogens (tertiary/aromatic N) is 4. The number of benzene rings is 1. The summed E-state index contributed by atoms with van der Waals surface area (Å²) in [5.74, 6) is 0.964. The average Bonchev–Trinajstić information content (AvgIpc) is 3.38. The van der Waals surface area contributed by atoms with E-state index in [9.17, 15) is 5.11 Å². The van der Waals surface area contributed by atoms with Gasteiger partial charge in [-0.05, 0) is 62.0 Å². The van der Waals surface area contributed by atoms with E-state index < -0.39 is 0 Å². The average molecular weight is 375 g/mol. The predicted molar refractivity (Wildman–Crippen MR) is 104 cm³/mol. The van der Waals surface area contributed by atoms with Crippen LogP contribution in [0.2, 0.25) is 5.02 Å². The third-order valence-electron chi connectivity index (χ3n) is 5.71. The van der Waals surface area contributed by atoms with Crippen LogP contribution in [0, 0.1) is 11.8 Å². The lowest BCUT2D eigenvalue weighted by atomic mass is 9.96. The molecule has 3 heterocycles. The molecular weight excluding hydrogens is 348 g/mol. The van der Waals surface area contributed by atoms with Crippen molar-refractivity contribution >= 4 is 11.6 Å². The van der Waals surface area contributed by atoms with Gasteiger partial charge in [-0.3, -0.25) is 4.90 Å². The van der Waals surface area contributed by atoms with Gasteiger partial charge in [0, 0.05) is 49.6 Å². The Labute approximate surface area is 160 Å². The molecular formula is C20H27ClN4O. The van der Waals surface area contributed by atoms with Gasteiger partial charge in [-0.1, -0.05) is 11.6 Å². The summed E-state index contributed by atoms with van der Waals surface area (Å²) in [4.78, 5) is 5.03. The number of aromatic nitrogens is 2. The van der Waals surface area contributed by atoms with Crippen molar-refractivity contribution in [3.05, 3.63) is 47.2 Å². The Morgan fingerprint density at radius 2 is 1.77 bits per heavy atom. The van der Waals surface area contributed by atoms with Crippen molar-refractivity contribution in [3.8, 4) is 5.69 Å². The summed E-state index contributed by atoms with van der Waals surface area (Å²) in [7, 11) is 0. The molecule has 2 aliphatic rings. The highest BCUT2D eigenvalue weighted by Crippen LogP contribution is 2.27. The topological polar surface area (TPSA) is 44.5 Å². The third kappa shape index (κ3) is 4.12. The standard InChI is InChI=1S/C20H27ClN4O/c21-19-3-5-20(6-4-19)25-11-16(9-22-25)10-24-13-17(18(14-24)15-26)12-23-7-1-2-8-23/h3-6,9,11,17-18,26H,1-2,7-8,10,12-15H2/t17-,18-/m0/s1. The molecule has 2 atom stereocenters. The molecule has 5 nitrogen and oxygen atoms in total. The van der Waals surface area contributed by atoms with Gasteiger partial charge in [0.2, 0.25) is 0 Å². The quantitative estimate of drug-likeness (QED) is 0.844. The van der Waals surface area contributed by atoms with Crippen LogP contribution >= 0.6 is 11.6 Å². The van der Waals surface area contributed by atoms with Crippen LogP contribution in [0.25, 0.3) is 5.69 Å². The fourth-order valence-electron chi connectivity index (χ4n) is 4.31. The molecule has 26 heavy (non-hydrogen) atoms. The Kier molecular flexibility index (Phi) is 5.60. The number of aliphatic hydroxyl groups excluding tert-OH is 1. The molecule has 2 aromatic rings. The Balaban J connectivity index is 1.37. The molecule has 6 heteroatoms. The molecule has 0 unspecified atom stereocenters. The lowest BCUT2D eigenvalue weighted by Gasteiger charge is -2.23. The van der Waals surface area contributed by atoms with Crippen molar-refractivity contribution in [1.82, 2.24) is 19.6 Å². The number of aliphatic hydroxyl groups is 1. The first kappa shape index (κ1) is 18.0. The summed E-state index contributed by atoms with van der Waals surface area (Å²) in [6, 6.07) is 7.71. The zero-order valence-corrected chi connectivity index (χ0v) is 15.9. The maximum Gasteiger partial charge on any atom is 0.0646 e. The molecule has 0 spiro atoms. The molecule has 0 amide bonds. The van der Waals surface area contributed by atoms with E-state index in [1.165, 1.54) is 31.5 Å². The molecule has 0 bridgehead atoms. The van der Waals surface area contributed by atoms with Gasteiger partial charge >= 0.3 is 0 Å². The SMILES string of the molecule is OC[C@@H]1CN(Cc2cnn(-c3ccc(Cl)cc3)c2)C[C@@H]1CN1CCCC1. The van der Waals surface area contributed by atoms with Gasteiger partial charge in [0.1, 0.15) is 0 Å². The molecule has 1 aromatic heterocycles. The Morgan fingerprint density at radius 1 is 1.04 bits per heavy atom. The smallest absolute Gasteiger partial charge is 0.0646 e. The predicted octanol–water partition coefficient (Wildman–Crippen LogP) is 2.66. The lowest BCUT2D eigenvalue weighted by molar-refractivity contribution is 0.175. The summed E-state index contributed by atoms with van der Waals surface area (Å²) >= 11 is 5.96.